The van der Waals surface area contributed by atoms with Gasteiger partial charge in [-0.2, -0.15) is 0 Å². The van der Waals surface area contributed by atoms with Crippen LogP contribution in [0.2, 0.25) is 0 Å². The van der Waals surface area contributed by atoms with E-state index in [0.29, 0.717) is 13.1 Å². The first kappa shape index (κ1) is 18.5. The van der Waals surface area contributed by atoms with E-state index >= 15 is 0 Å². The van der Waals surface area contributed by atoms with Crippen LogP contribution in [0, 0.1) is 0 Å². The van der Waals surface area contributed by atoms with Crippen LogP contribution in [0.4, 0.5) is 0 Å². The lowest BCUT2D eigenvalue weighted by Crippen LogP contribution is -2.28. The summed E-state index contributed by atoms with van der Waals surface area (Å²) in [6.45, 7) is 12.5. The minimum Gasteiger partial charge on any atom is -0.345 e. The summed E-state index contributed by atoms with van der Waals surface area (Å²) in [4.78, 5) is 2.33. The summed E-state index contributed by atoms with van der Waals surface area (Å²) in [5, 5.41) is 0. The Morgan fingerprint density at radius 3 is 2.45 bits per heavy atom. The molecule has 0 atom stereocenters. The highest BCUT2D eigenvalue weighted by molar-refractivity contribution is 5.37. The Labute approximate surface area is 135 Å². The molecule has 0 saturated heterocycles. The molecule has 0 spiro atoms. The van der Waals surface area contributed by atoms with Crippen LogP contribution in [-0.2, 0) is 0 Å². The van der Waals surface area contributed by atoms with Crippen molar-refractivity contribution in [2.24, 2.45) is 11.5 Å². The van der Waals surface area contributed by atoms with Gasteiger partial charge in [0.15, 0.2) is 0 Å². The lowest BCUT2D eigenvalue weighted by atomic mass is 9.99. The maximum atomic E-state index is 5.94. The first-order valence-electron chi connectivity index (χ1n) is 8.17. The van der Waals surface area contributed by atoms with Gasteiger partial charge in [0.2, 0.25) is 0 Å². The largest absolute Gasteiger partial charge is 0.345 e. The third-order valence-electron chi connectivity index (χ3n) is 4.23. The highest BCUT2D eigenvalue weighted by Gasteiger charge is 2.19. The van der Waals surface area contributed by atoms with Crippen molar-refractivity contribution in [2.45, 2.75) is 40.0 Å². The average Bonchev–Trinajstić information content (AvgIpc) is 2.58. The Balaban J connectivity index is 3.17. The molecule has 1 rings (SSSR count). The van der Waals surface area contributed by atoms with Crippen LogP contribution in [-0.4, -0.2) is 24.5 Å². The minimum absolute atomic E-state index is 0.561. The van der Waals surface area contributed by atoms with Gasteiger partial charge in [0.25, 0.3) is 0 Å². The van der Waals surface area contributed by atoms with Gasteiger partial charge in [0.1, 0.15) is 0 Å². The average molecular weight is 301 g/mol. The second kappa shape index (κ2) is 9.44. The Morgan fingerprint density at radius 1 is 1.27 bits per heavy atom. The van der Waals surface area contributed by atoms with Gasteiger partial charge in [-0.15, -0.1) is 0 Å². The Kier molecular flexibility index (Phi) is 7.92. The predicted octanol–water partition coefficient (Wildman–Crippen LogP) is 3.63. The van der Waals surface area contributed by atoms with Gasteiger partial charge in [0.05, 0.1) is 0 Å². The Bertz CT molecular complexity index is 507. The molecule has 122 valence electrons. The molecule has 0 aromatic carbocycles. The predicted molar refractivity (Wildman–Crippen MR) is 97.2 cm³/mol. The lowest BCUT2D eigenvalue weighted by molar-refractivity contribution is 0.426. The monoisotopic (exact) mass is 301 g/mol. The van der Waals surface area contributed by atoms with Crippen LogP contribution >= 0.6 is 0 Å². The van der Waals surface area contributed by atoms with Crippen molar-refractivity contribution in [3.05, 3.63) is 59.0 Å². The molecule has 4 N–H and O–H groups in total. The Hall–Kier alpha value is -1.58. The van der Waals surface area contributed by atoms with Crippen molar-refractivity contribution in [3.8, 4) is 0 Å². The molecule has 0 aromatic rings. The van der Waals surface area contributed by atoms with Crippen molar-refractivity contribution in [1.29, 1.82) is 0 Å². The van der Waals surface area contributed by atoms with E-state index in [2.05, 4.69) is 49.6 Å². The van der Waals surface area contributed by atoms with Crippen molar-refractivity contribution >= 4 is 0 Å². The quantitative estimate of drug-likeness (QED) is 0.673. The first-order valence-corrected chi connectivity index (χ1v) is 8.17. The fourth-order valence-electron chi connectivity index (χ4n) is 2.77. The van der Waals surface area contributed by atoms with Crippen LogP contribution in [0.1, 0.15) is 40.0 Å². The first-order chi connectivity index (χ1) is 10.6. The zero-order valence-corrected chi connectivity index (χ0v) is 14.4. The van der Waals surface area contributed by atoms with Crippen LogP contribution in [0.3, 0.4) is 0 Å². The van der Waals surface area contributed by atoms with Gasteiger partial charge in [0, 0.05) is 31.0 Å². The maximum Gasteiger partial charge on any atom is 0.0475 e. The van der Waals surface area contributed by atoms with Crippen molar-refractivity contribution < 1.29 is 0 Å². The van der Waals surface area contributed by atoms with Crippen molar-refractivity contribution in [2.75, 3.05) is 19.6 Å². The van der Waals surface area contributed by atoms with E-state index in [1.54, 1.807) is 0 Å². The molecule has 22 heavy (non-hydrogen) atoms. The van der Waals surface area contributed by atoms with Gasteiger partial charge in [-0.3, -0.25) is 0 Å². The summed E-state index contributed by atoms with van der Waals surface area (Å²) in [6, 6.07) is 0. The SMILES string of the molecule is C=C(CC)N(CC(=C/C)/C(=C\C)CN)C1=C(CN)C=CCC1. The molecular formula is C19H31N3. The van der Waals surface area contributed by atoms with E-state index in [1.807, 2.05) is 6.92 Å². The number of allylic oxidation sites excluding steroid dienone is 5. The topological polar surface area (TPSA) is 55.3 Å². The summed E-state index contributed by atoms with van der Waals surface area (Å²) >= 11 is 0. The fourth-order valence-corrected chi connectivity index (χ4v) is 2.77. The normalized spacial score (nSPS) is 16.2. The van der Waals surface area contributed by atoms with Crippen molar-refractivity contribution in [1.82, 2.24) is 4.90 Å². The van der Waals surface area contributed by atoms with E-state index in [4.69, 9.17) is 11.5 Å². The summed E-state index contributed by atoms with van der Waals surface area (Å²) in [7, 11) is 0. The summed E-state index contributed by atoms with van der Waals surface area (Å²) in [6.07, 6.45) is 11.6. The second-order valence-electron chi connectivity index (χ2n) is 5.45. The molecule has 1 aliphatic carbocycles. The van der Waals surface area contributed by atoms with Gasteiger partial charge < -0.3 is 16.4 Å². The molecule has 0 radical (unpaired) electrons. The number of nitrogens with two attached hydrogens (primary N) is 2. The molecule has 3 nitrogen and oxygen atoms in total. The van der Waals surface area contributed by atoms with E-state index in [9.17, 15) is 0 Å². The fraction of sp³-hybridized carbons (Fsp3) is 0.474. The van der Waals surface area contributed by atoms with E-state index < -0.39 is 0 Å². The standard InChI is InChI=1S/C19H31N3/c1-5-15(4)22(14-17(7-3)16(6-2)12-20)19-11-9-8-10-18(19)13-21/h6-8,10H,4-5,9,11-14,20-21H2,1-3H3/b16-6-,17-7-. The number of hydrogen-bond donors (Lipinski definition) is 2. The van der Waals surface area contributed by atoms with Crippen LogP contribution in [0.25, 0.3) is 0 Å². The summed E-state index contributed by atoms with van der Waals surface area (Å²) in [5.41, 5.74) is 17.9. The third-order valence-corrected chi connectivity index (χ3v) is 4.23. The smallest absolute Gasteiger partial charge is 0.0475 e. The number of nitrogens with zero attached hydrogens (tertiary/aromatic N) is 1. The molecule has 0 saturated carbocycles. The molecule has 0 bridgehead atoms. The number of rotatable bonds is 8. The molecule has 3 heteroatoms. The molecule has 0 heterocycles. The molecule has 1 aliphatic rings. The Morgan fingerprint density at radius 2 is 1.95 bits per heavy atom. The van der Waals surface area contributed by atoms with E-state index in [0.717, 1.165) is 31.5 Å². The van der Waals surface area contributed by atoms with Crippen LogP contribution in [0.5, 0.6) is 0 Å². The van der Waals surface area contributed by atoms with Crippen LogP contribution < -0.4 is 11.5 Å². The minimum atomic E-state index is 0.561. The van der Waals surface area contributed by atoms with Crippen LogP contribution in [0.15, 0.2) is 59.0 Å². The lowest BCUT2D eigenvalue weighted by Gasteiger charge is -2.33. The molecule has 0 aromatic heterocycles. The van der Waals surface area contributed by atoms with Gasteiger partial charge in [-0.25, -0.2) is 0 Å². The molecular weight excluding hydrogens is 270 g/mol. The zero-order chi connectivity index (χ0) is 16.5. The number of hydrogen-bond acceptors (Lipinski definition) is 3. The van der Waals surface area contributed by atoms with Crippen molar-refractivity contribution in [3.63, 3.8) is 0 Å². The second-order valence-corrected chi connectivity index (χ2v) is 5.45. The highest BCUT2D eigenvalue weighted by Crippen LogP contribution is 2.28. The molecule has 0 unspecified atom stereocenters. The summed E-state index contributed by atoms with van der Waals surface area (Å²) < 4.78 is 0. The highest BCUT2D eigenvalue weighted by atomic mass is 15.1. The zero-order valence-electron chi connectivity index (χ0n) is 14.4. The maximum absolute atomic E-state index is 5.94. The van der Waals surface area contributed by atoms with Gasteiger partial charge in [-0.1, -0.05) is 37.8 Å². The third kappa shape index (κ3) is 4.46. The molecule has 0 amide bonds. The molecule has 0 fully saturated rings. The summed E-state index contributed by atoms with van der Waals surface area (Å²) in [5.74, 6) is 0. The molecule has 0 aliphatic heterocycles. The van der Waals surface area contributed by atoms with E-state index in [1.165, 1.54) is 22.4 Å². The van der Waals surface area contributed by atoms with Gasteiger partial charge in [-0.05, 0) is 49.8 Å². The van der Waals surface area contributed by atoms with Gasteiger partial charge >= 0.3 is 0 Å². The van der Waals surface area contributed by atoms with E-state index in [-0.39, 0.29) is 0 Å².